The van der Waals surface area contributed by atoms with Crippen LogP contribution in [0.3, 0.4) is 0 Å². The Kier molecular flexibility index (Phi) is 6.00. The van der Waals surface area contributed by atoms with Crippen molar-refractivity contribution in [3.05, 3.63) is 58.6 Å². The molecule has 1 atom stereocenters. The number of ether oxygens (including phenoxy) is 1. The third kappa shape index (κ3) is 4.24. The van der Waals surface area contributed by atoms with Crippen molar-refractivity contribution in [2.45, 2.75) is 32.4 Å². The maximum atomic E-state index is 13.0. The van der Waals surface area contributed by atoms with Gasteiger partial charge in [0.25, 0.3) is 0 Å². The SMILES string of the molecule is Cc1ccc(-c2cccc(CN3CCCC3C(=O)N3CCOCC3)c2)cc1Cl. The average Bonchev–Trinajstić information content (AvgIpc) is 3.18. The van der Waals surface area contributed by atoms with Gasteiger partial charge in [-0.1, -0.05) is 41.9 Å². The molecule has 4 nitrogen and oxygen atoms in total. The maximum Gasteiger partial charge on any atom is 0.240 e. The van der Waals surface area contributed by atoms with Gasteiger partial charge in [-0.3, -0.25) is 9.69 Å². The van der Waals surface area contributed by atoms with E-state index in [0.717, 1.165) is 47.6 Å². The lowest BCUT2D eigenvalue weighted by molar-refractivity contribution is -0.140. The van der Waals surface area contributed by atoms with Crippen LogP contribution in [-0.2, 0) is 16.1 Å². The summed E-state index contributed by atoms with van der Waals surface area (Å²) < 4.78 is 5.39. The maximum absolute atomic E-state index is 13.0. The molecule has 2 aliphatic rings. The molecule has 0 N–H and O–H groups in total. The van der Waals surface area contributed by atoms with Crippen LogP contribution < -0.4 is 0 Å². The van der Waals surface area contributed by atoms with Gasteiger partial charge in [0.15, 0.2) is 0 Å². The van der Waals surface area contributed by atoms with E-state index in [0.29, 0.717) is 26.3 Å². The molecule has 0 spiro atoms. The van der Waals surface area contributed by atoms with Gasteiger partial charge in [-0.25, -0.2) is 0 Å². The zero-order valence-electron chi connectivity index (χ0n) is 16.4. The second-order valence-electron chi connectivity index (χ2n) is 7.73. The molecule has 2 fully saturated rings. The normalized spacial score (nSPS) is 20.5. The number of rotatable bonds is 4. The Morgan fingerprint density at radius 3 is 2.68 bits per heavy atom. The van der Waals surface area contributed by atoms with Crippen LogP contribution in [0.4, 0.5) is 0 Å². The first-order chi connectivity index (χ1) is 13.6. The van der Waals surface area contributed by atoms with Gasteiger partial charge >= 0.3 is 0 Å². The lowest BCUT2D eigenvalue weighted by atomic mass is 10.0. The zero-order valence-corrected chi connectivity index (χ0v) is 17.1. The monoisotopic (exact) mass is 398 g/mol. The van der Waals surface area contributed by atoms with Crippen LogP contribution in [0.25, 0.3) is 11.1 Å². The van der Waals surface area contributed by atoms with E-state index in [9.17, 15) is 4.79 Å². The van der Waals surface area contributed by atoms with Crippen molar-refractivity contribution in [3.8, 4) is 11.1 Å². The Bertz CT molecular complexity index is 848. The molecular formula is C23H27ClN2O2. The third-order valence-electron chi connectivity index (χ3n) is 5.79. The van der Waals surface area contributed by atoms with Crippen molar-refractivity contribution in [1.82, 2.24) is 9.80 Å². The van der Waals surface area contributed by atoms with Crippen LogP contribution in [0.15, 0.2) is 42.5 Å². The van der Waals surface area contributed by atoms with Crippen LogP contribution in [-0.4, -0.2) is 54.6 Å². The number of carbonyl (C=O) groups is 1. The number of aryl methyl sites for hydroxylation is 1. The van der Waals surface area contributed by atoms with E-state index in [1.54, 1.807) is 0 Å². The molecular weight excluding hydrogens is 372 g/mol. The highest BCUT2D eigenvalue weighted by Crippen LogP contribution is 2.28. The number of nitrogens with zero attached hydrogens (tertiary/aromatic N) is 2. The molecule has 5 heteroatoms. The largest absolute Gasteiger partial charge is 0.378 e. The number of halogens is 1. The molecule has 4 rings (SSSR count). The zero-order chi connectivity index (χ0) is 19.5. The summed E-state index contributed by atoms with van der Waals surface area (Å²) in [6.45, 7) is 6.52. The molecule has 1 unspecified atom stereocenters. The highest BCUT2D eigenvalue weighted by molar-refractivity contribution is 6.31. The molecule has 2 heterocycles. The van der Waals surface area contributed by atoms with Gasteiger partial charge < -0.3 is 9.64 Å². The minimum absolute atomic E-state index is 0.00410. The number of carbonyl (C=O) groups excluding carboxylic acids is 1. The van der Waals surface area contributed by atoms with Gasteiger partial charge in [0.2, 0.25) is 5.91 Å². The fraction of sp³-hybridized carbons (Fsp3) is 0.435. The van der Waals surface area contributed by atoms with Crippen molar-refractivity contribution >= 4 is 17.5 Å². The lowest BCUT2D eigenvalue weighted by Gasteiger charge is -2.32. The van der Waals surface area contributed by atoms with Crippen molar-refractivity contribution in [1.29, 1.82) is 0 Å². The molecule has 0 saturated carbocycles. The van der Waals surface area contributed by atoms with Crippen molar-refractivity contribution in [3.63, 3.8) is 0 Å². The van der Waals surface area contributed by atoms with E-state index < -0.39 is 0 Å². The molecule has 0 aliphatic carbocycles. The minimum Gasteiger partial charge on any atom is -0.378 e. The summed E-state index contributed by atoms with van der Waals surface area (Å²) in [5.74, 6) is 0.266. The van der Waals surface area contributed by atoms with Gasteiger partial charge in [0.05, 0.1) is 19.3 Å². The molecule has 148 valence electrons. The van der Waals surface area contributed by atoms with Crippen LogP contribution in [0.1, 0.15) is 24.0 Å². The molecule has 1 amide bonds. The quantitative estimate of drug-likeness (QED) is 0.776. The predicted octanol–water partition coefficient (Wildman–Crippen LogP) is 4.14. The molecule has 0 radical (unpaired) electrons. The smallest absolute Gasteiger partial charge is 0.240 e. The second kappa shape index (κ2) is 8.64. The number of hydrogen-bond acceptors (Lipinski definition) is 3. The summed E-state index contributed by atoms with van der Waals surface area (Å²) in [5.41, 5.74) is 4.61. The van der Waals surface area contributed by atoms with E-state index in [1.807, 2.05) is 17.9 Å². The van der Waals surface area contributed by atoms with E-state index in [4.69, 9.17) is 16.3 Å². The number of likely N-dealkylation sites (tertiary alicyclic amines) is 1. The van der Waals surface area contributed by atoms with E-state index in [1.165, 1.54) is 5.56 Å². The summed E-state index contributed by atoms with van der Waals surface area (Å²) >= 11 is 6.31. The van der Waals surface area contributed by atoms with E-state index in [-0.39, 0.29) is 11.9 Å². The Hall–Kier alpha value is -1.88. The first kappa shape index (κ1) is 19.4. The second-order valence-corrected chi connectivity index (χ2v) is 8.14. The van der Waals surface area contributed by atoms with Gasteiger partial charge in [-0.15, -0.1) is 0 Å². The van der Waals surface area contributed by atoms with Crippen LogP contribution in [0.2, 0.25) is 5.02 Å². The van der Waals surface area contributed by atoms with Gasteiger partial charge in [-0.2, -0.15) is 0 Å². The molecule has 2 aromatic rings. The summed E-state index contributed by atoms with van der Waals surface area (Å²) in [7, 11) is 0. The van der Waals surface area contributed by atoms with Gasteiger partial charge in [0, 0.05) is 24.7 Å². The number of benzene rings is 2. The fourth-order valence-corrected chi connectivity index (χ4v) is 4.33. The summed E-state index contributed by atoms with van der Waals surface area (Å²) in [5, 5.41) is 0.790. The van der Waals surface area contributed by atoms with E-state index in [2.05, 4.69) is 41.3 Å². The molecule has 0 bridgehead atoms. The Labute approximate surface area is 172 Å². The van der Waals surface area contributed by atoms with Crippen molar-refractivity contribution in [2.75, 3.05) is 32.8 Å². The average molecular weight is 399 g/mol. The van der Waals surface area contributed by atoms with Crippen LogP contribution >= 0.6 is 11.6 Å². The number of hydrogen-bond donors (Lipinski definition) is 0. The summed E-state index contributed by atoms with van der Waals surface area (Å²) in [6, 6.07) is 14.8. The fourth-order valence-electron chi connectivity index (χ4n) is 4.15. The van der Waals surface area contributed by atoms with Crippen molar-refractivity contribution < 1.29 is 9.53 Å². The summed E-state index contributed by atoms with van der Waals surface area (Å²) in [6.07, 6.45) is 2.03. The van der Waals surface area contributed by atoms with E-state index >= 15 is 0 Å². The number of amides is 1. The Morgan fingerprint density at radius 2 is 1.89 bits per heavy atom. The predicted molar refractivity (Wildman–Crippen MR) is 112 cm³/mol. The first-order valence-electron chi connectivity index (χ1n) is 10.1. The molecule has 2 aliphatic heterocycles. The highest BCUT2D eigenvalue weighted by atomic mass is 35.5. The summed E-state index contributed by atoms with van der Waals surface area (Å²) in [4.78, 5) is 17.3. The standard InChI is InChI=1S/C23H27ClN2O2/c1-17-7-8-20(15-21(17)24)19-5-2-4-18(14-19)16-26-9-3-6-22(26)23(27)25-10-12-28-13-11-25/h2,4-5,7-8,14-15,22H,3,6,9-13,16H2,1H3. The topological polar surface area (TPSA) is 32.8 Å². The molecule has 0 aromatic heterocycles. The molecule has 2 aromatic carbocycles. The van der Waals surface area contributed by atoms with Crippen LogP contribution in [0, 0.1) is 6.92 Å². The molecule has 28 heavy (non-hydrogen) atoms. The number of morpholine rings is 1. The minimum atomic E-state index is -0.00410. The highest BCUT2D eigenvalue weighted by Gasteiger charge is 2.34. The lowest BCUT2D eigenvalue weighted by Crippen LogP contribution is -2.49. The van der Waals surface area contributed by atoms with Gasteiger partial charge in [-0.05, 0) is 60.7 Å². The molecule has 2 saturated heterocycles. The van der Waals surface area contributed by atoms with Crippen LogP contribution in [0.5, 0.6) is 0 Å². The first-order valence-corrected chi connectivity index (χ1v) is 10.5. The Balaban J connectivity index is 1.48. The third-order valence-corrected chi connectivity index (χ3v) is 6.20. The van der Waals surface area contributed by atoms with Crippen molar-refractivity contribution in [2.24, 2.45) is 0 Å². The van der Waals surface area contributed by atoms with Gasteiger partial charge in [0.1, 0.15) is 0 Å². The Morgan fingerprint density at radius 1 is 1.11 bits per heavy atom.